The molecular formula is C16H17NS. The lowest BCUT2D eigenvalue weighted by molar-refractivity contribution is 0.642. The van der Waals surface area contributed by atoms with Gasteiger partial charge in [0.1, 0.15) is 0 Å². The summed E-state index contributed by atoms with van der Waals surface area (Å²) in [6.45, 7) is 6.73. The Balaban J connectivity index is 2.50. The second-order valence-electron chi connectivity index (χ2n) is 4.84. The van der Waals surface area contributed by atoms with Crippen LogP contribution in [0.4, 0.5) is 0 Å². The zero-order valence-corrected chi connectivity index (χ0v) is 11.8. The molecule has 0 aliphatic rings. The minimum absolute atomic E-state index is 0.571. The number of benzene rings is 2. The predicted octanol–water partition coefficient (Wildman–Crippen LogP) is 4.85. The van der Waals surface area contributed by atoms with E-state index in [0.29, 0.717) is 11.2 Å². The van der Waals surface area contributed by atoms with Crippen molar-refractivity contribution in [1.29, 1.82) is 5.26 Å². The zero-order chi connectivity index (χ0) is 13.1. The zero-order valence-electron chi connectivity index (χ0n) is 11.0. The molecule has 0 amide bonds. The van der Waals surface area contributed by atoms with Crippen LogP contribution in [0.3, 0.4) is 0 Å². The molecular weight excluding hydrogens is 238 g/mol. The average molecular weight is 255 g/mol. The van der Waals surface area contributed by atoms with Crippen LogP contribution in [0.2, 0.25) is 0 Å². The van der Waals surface area contributed by atoms with Crippen LogP contribution in [0.25, 0.3) is 10.8 Å². The molecule has 0 bridgehead atoms. The molecule has 2 aromatic rings. The molecule has 0 aromatic heterocycles. The van der Waals surface area contributed by atoms with Gasteiger partial charge in [-0.2, -0.15) is 5.26 Å². The number of nitrogens with zero attached hydrogens (tertiary/aromatic N) is 1. The van der Waals surface area contributed by atoms with Crippen molar-refractivity contribution in [2.75, 3.05) is 0 Å². The van der Waals surface area contributed by atoms with Crippen LogP contribution in [0.15, 0.2) is 41.3 Å². The van der Waals surface area contributed by atoms with Crippen molar-refractivity contribution in [3.63, 3.8) is 0 Å². The first-order valence-electron chi connectivity index (χ1n) is 6.22. The smallest absolute Gasteiger partial charge is 0.0998 e. The Morgan fingerprint density at radius 2 is 1.67 bits per heavy atom. The minimum Gasteiger partial charge on any atom is -0.192 e. The van der Waals surface area contributed by atoms with Gasteiger partial charge in [0.2, 0.25) is 0 Å². The molecule has 0 spiro atoms. The van der Waals surface area contributed by atoms with Gasteiger partial charge < -0.3 is 0 Å². The predicted molar refractivity (Wildman–Crippen MR) is 78.8 cm³/mol. The molecule has 0 aliphatic carbocycles. The summed E-state index contributed by atoms with van der Waals surface area (Å²) in [5.74, 6) is 0.643. The van der Waals surface area contributed by atoms with E-state index in [2.05, 4.69) is 39.0 Å². The van der Waals surface area contributed by atoms with E-state index in [1.807, 2.05) is 36.0 Å². The van der Waals surface area contributed by atoms with Gasteiger partial charge >= 0.3 is 0 Å². The summed E-state index contributed by atoms with van der Waals surface area (Å²) in [7, 11) is 0. The van der Waals surface area contributed by atoms with E-state index in [0.717, 1.165) is 10.9 Å². The fourth-order valence-electron chi connectivity index (χ4n) is 1.81. The summed E-state index contributed by atoms with van der Waals surface area (Å²) in [5.41, 5.74) is 0.757. The minimum atomic E-state index is 0.571. The van der Waals surface area contributed by atoms with Crippen LogP contribution in [0, 0.1) is 17.2 Å². The molecule has 0 N–H and O–H groups in total. The van der Waals surface area contributed by atoms with Crippen molar-refractivity contribution in [1.82, 2.24) is 0 Å². The molecule has 1 nitrogen and oxygen atoms in total. The van der Waals surface area contributed by atoms with E-state index in [-0.39, 0.29) is 0 Å². The van der Waals surface area contributed by atoms with Gasteiger partial charge in [-0.3, -0.25) is 0 Å². The molecule has 18 heavy (non-hydrogen) atoms. The second-order valence-corrected chi connectivity index (χ2v) is 6.25. The third-order valence-corrected chi connectivity index (χ3v) is 4.78. The molecule has 1 atom stereocenters. The van der Waals surface area contributed by atoms with Crippen molar-refractivity contribution in [3.05, 3.63) is 42.0 Å². The Morgan fingerprint density at radius 1 is 1.00 bits per heavy atom. The van der Waals surface area contributed by atoms with Gasteiger partial charge in [0.15, 0.2) is 0 Å². The first-order chi connectivity index (χ1) is 8.63. The summed E-state index contributed by atoms with van der Waals surface area (Å²) in [4.78, 5) is 1.27. The summed E-state index contributed by atoms with van der Waals surface area (Å²) in [6, 6.07) is 14.4. The number of fused-ring (bicyclic) bond motifs is 1. The number of hydrogen-bond acceptors (Lipinski definition) is 2. The van der Waals surface area contributed by atoms with Gasteiger partial charge in [-0.15, -0.1) is 11.8 Å². The third kappa shape index (κ3) is 2.52. The maximum atomic E-state index is 9.14. The molecule has 0 radical (unpaired) electrons. The molecule has 0 saturated carbocycles. The average Bonchev–Trinajstić information content (AvgIpc) is 2.39. The second kappa shape index (κ2) is 5.46. The standard InChI is InChI=1S/C16H17NS/c1-11(2)12(3)18-16-9-8-13(10-17)14-6-4-5-7-15(14)16/h4-9,11-12H,1-3H3. The summed E-state index contributed by atoms with van der Waals surface area (Å²) >= 11 is 1.89. The van der Waals surface area contributed by atoms with Crippen LogP contribution in [-0.2, 0) is 0 Å². The third-order valence-electron chi connectivity index (χ3n) is 3.26. The normalized spacial score (nSPS) is 12.6. The Labute approximate surface area is 113 Å². The first kappa shape index (κ1) is 13.0. The molecule has 0 aliphatic heterocycles. The van der Waals surface area contributed by atoms with Crippen molar-refractivity contribution in [2.24, 2.45) is 5.92 Å². The van der Waals surface area contributed by atoms with E-state index >= 15 is 0 Å². The number of hydrogen-bond donors (Lipinski definition) is 0. The fourth-order valence-corrected chi connectivity index (χ4v) is 2.93. The Kier molecular flexibility index (Phi) is 3.93. The maximum absolute atomic E-state index is 9.14. The number of thioether (sulfide) groups is 1. The molecule has 2 aromatic carbocycles. The molecule has 0 heterocycles. The SMILES string of the molecule is CC(C)C(C)Sc1ccc(C#N)c2ccccc12. The van der Waals surface area contributed by atoms with Crippen molar-refractivity contribution < 1.29 is 0 Å². The quantitative estimate of drug-likeness (QED) is 0.732. The van der Waals surface area contributed by atoms with Gasteiger partial charge in [-0.05, 0) is 23.4 Å². The van der Waals surface area contributed by atoms with Gasteiger partial charge in [0, 0.05) is 15.5 Å². The number of nitriles is 1. The van der Waals surface area contributed by atoms with Crippen LogP contribution in [-0.4, -0.2) is 5.25 Å². The summed E-state index contributed by atoms with van der Waals surface area (Å²) in [5, 5.41) is 12.0. The van der Waals surface area contributed by atoms with Crippen LogP contribution < -0.4 is 0 Å². The summed E-state index contributed by atoms with van der Waals surface area (Å²) < 4.78 is 0. The lowest BCUT2D eigenvalue weighted by atomic mass is 10.1. The van der Waals surface area contributed by atoms with Crippen molar-refractivity contribution >= 4 is 22.5 Å². The van der Waals surface area contributed by atoms with Gasteiger partial charge in [0.05, 0.1) is 11.6 Å². The highest BCUT2D eigenvalue weighted by molar-refractivity contribution is 8.00. The first-order valence-corrected chi connectivity index (χ1v) is 7.10. The fraction of sp³-hybridized carbons (Fsp3) is 0.312. The highest BCUT2D eigenvalue weighted by Gasteiger charge is 2.12. The molecule has 2 heteroatoms. The van der Waals surface area contributed by atoms with E-state index in [9.17, 15) is 0 Å². The molecule has 92 valence electrons. The van der Waals surface area contributed by atoms with Crippen LogP contribution >= 0.6 is 11.8 Å². The summed E-state index contributed by atoms with van der Waals surface area (Å²) in [6.07, 6.45) is 0. The lowest BCUT2D eigenvalue weighted by Crippen LogP contribution is -2.05. The topological polar surface area (TPSA) is 23.8 Å². The van der Waals surface area contributed by atoms with E-state index in [4.69, 9.17) is 5.26 Å². The maximum Gasteiger partial charge on any atom is 0.0998 e. The van der Waals surface area contributed by atoms with Crippen LogP contribution in [0.5, 0.6) is 0 Å². The van der Waals surface area contributed by atoms with Gasteiger partial charge in [-0.25, -0.2) is 0 Å². The monoisotopic (exact) mass is 255 g/mol. The highest BCUT2D eigenvalue weighted by atomic mass is 32.2. The Hall–Kier alpha value is -1.46. The molecule has 2 rings (SSSR count). The van der Waals surface area contributed by atoms with Gasteiger partial charge in [-0.1, -0.05) is 45.0 Å². The van der Waals surface area contributed by atoms with Crippen molar-refractivity contribution in [2.45, 2.75) is 30.9 Å². The largest absolute Gasteiger partial charge is 0.192 e. The molecule has 0 fully saturated rings. The Morgan fingerprint density at radius 3 is 2.28 bits per heavy atom. The van der Waals surface area contributed by atoms with Gasteiger partial charge in [0.25, 0.3) is 0 Å². The van der Waals surface area contributed by atoms with Crippen molar-refractivity contribution in [3.8, 4) is 6.07 Å². The highest BCUT2D eigenvalue weighted by Crippen LogP contribution is 2.34. The molecule has 1 unspecified atom stereocenters. The number of rotatable bonds is 3. The molecule has 0 saturated heterocycles. The lowest BCUT2D eigenvalue weighted by Gasteiger charge is -2.16. The Bertz CT molecular complexity index is 596. The van der Waals surface area contributed by atoms with E-state index in [1.54, 1.807) is 0 Å². The van der Waals surface area contributed by atoms with Crippen LogP contribution in [0.1, 0.15) is 26.3 Å². The van der Waals surface area contributed by atoms with E-state index in [1.165, 1.54) is 10.3 Å². The van der Waals surface area contributed by atoms with E-state index < -0.39 is 0 Å².